The fourth-order valence-corrected chi connectivity index (χ4v) is 2.81. The standard InChI is InChI=1S/C20H39.C3H7.Y/c1-7-18(4)12-9-14-20(6)16-10-15-19(5)13-8-11-17(2)3;1-3-2;/h7,17,19-20H,1,8-16H2,2-6H3;3H,1-2H3;/q2*-1;/b18-7+;;/t19-,20-;;/m1../s1. The molecule has 0 unspecified atom stereocenters. The van der Waals surface area contributed by atoms with Crippen LogP contribution in [0.2, 0.25) is 0 Å². The van der Waals surface area contributed by atoms with E-state index >= 15 is 0 Å². The second-order valence-corrected chi connectivity index (χ2v) is 7.99. The summed E-state index contributed by atoms with van der Waals surface area (Å²) in [6.07, 6.45) is 16.5. The van der Waals surface area contributed by atoms with Gasteiger partial charge in [0.1, 0.15) is 0 Å². The predicted molar refractivity (Wildman–Crippen MR) is 109 cm³/mol. The Balaban J connectivity index is -0.00000102. The fourth-order valence-electron chi connectivity index (χ4n) is 2.81. The predicted octanol–water partition coefficient (Wildman–Crippen LogP) is 8.43. The van der Waals surface area contributed by atoms with Crippen LogP contribution in [-0.4, -0.2) is 0 Å². The van der Waals surface area contributed by atoms with Crippen molar-refractivity contribution in [2.75, 3.05) is 0 Å². The molecular formula is C23H46Y-2. The Labute approximate surface area is 180 Å². The van der Waals surface area contributed by atoms with Crippen LogP contribution < -0.4 is 0 Å². The minimum Gasteiger partial charge on any atom is -0.335 e. The first-order valence-electron chi connectivity index (χ1n) is 10.1. The summed E-state index contributed by atoms with van der Waals surface area (Å²) >= 11 is 0. The van der Waals surface area contributed by atoms with E-state index in [4.69, 9.17) is 0 Å². The fraction of sp³-hybridized carbons (Fsp3) is 0.826. The maximum Gasteiger partial charge on any atom is 0 e. The molecule has 0 aromatic rings. The molecule has 24 heavy (non-hydrogen) atoms. The Hall–Kier alpha value is 0.714. The van der Waals surface area contributed by atoms with Crippen molar-refractivity contribution in [1.82, 2.24) is 0 Å². The SMILES string of the molecule is C[CH-]C.[CH2-]/C=C(\C)CCC[C@@H](C)CCC[C@H](C)CCCC(C)C.[Y]. The zero-order valence-corrected chi connectivity index (χ0v) is 20.9. The quantitative estimate of drug-likeness (QED) is 0.283. The van der Waals surface area contributed by atoms with Crippen LogP contribution in [0.3, 0.4) is 0 Å². The molecule has 0 heterocycles. The van der Waals surface area contributed by atoms with E-state index in [0.717, 1.165) is 17.8 Å². The molecule has 0 saturated heterocycles. The van der Waals surface area contributed by atoms with E-state index in [2.05, 4.69) is 41.5 Å². The normalized spacial score (nSPS) is 13.8. The van der Waals surface area contributed by atoms with Gasteiger partial charge in [-0.25, -0.2) is 18.6 Å². The first-order chi connectivity index (χ1) is 10.9. The number of hydrogen-bond acceptors (Lipinski definition) is 0. The van der Waals surface area contributed by atoms with Gasteiger partial charge >= 0.3 is 0 Å². The van der Waals surface area contributed by atoms with Gasteiger partial charge in [-0.15, -0.1) is 6.92 Å². The van der Waals surface area contributed by atoms with Crippen molar-refractivity contribution in [2.24, 2.45) is 17.8 Å². The number of rotatable bonds is 12. The summed E-state index contributed by atoms with van der Waals surface area (Å²) < 4.78 is 0. The summed E-state index contributed by atoms with van der Waals surface area (Å²) in [5, 5.41) is 0. The summed E-state index contributed by atoms with van der Waals surface area (Å²) in [4.78, 5) is 0. The van der Waals surface area contributed by atoms with Crippen molar-refractivity contribution in [2.45, 2.75) is 106 Å². The average Bonchev–Trinajstić information content (AvgIpc) is 2.47. The average molecular weight is 412 g/mol. The first-order valence-corrected chi connectivity index (χ1v) is 10.1. The van der Waals surface area contributed by atoms with E-state index < -0.39 is 0 Å². The molecule has 0 spiro atoms. The smallest absolute Gasteiger partial charge is 0 e. The zero-order chi connectivity index (χ0) is 18.1. The van der Waals surface area contributed by atoms with Crippen LogP contribution in [0.15, 0.2) is 11.6 Å². The summed E-state index contributed by atoms with van der Waals surface area (Å²) in [6.45, 7) is 19.5. The minimum absolute atomic E-state index is 0. The van der Waals surface area contributed by atoms with Crippen molar-refractivity contribution in [3.05, 3.63) is 25.0 Å². The van der Waals surface area contributed by atoms with Gasteiger partial charge in [-0.3, -0.25) is 0 Å². The molecule has 1 heteroatoms. The third-order valence-electron chi connectivity index (χ3n) is 4.49. The van der Waals surface area contributed by atoms with Gasteiger partial charge in [-0.1, -0.05) is 85.5 Å². The second kappa shape index (κ2) is 21.8. The van der Waals surface area contributed by atoms with E-state index in [1.54, 1.807) is 0 Å². The number of hydrogen-bond donors (Lipinski definition) is 0. The van der Waals surface area contributed by atoms with E-state index in [1.807, 2.05) is 26.3 Å². The molecule has 0 aromatic heterocycles. The van der Waals surface area contributed by atoms with Gasteiger partial charge in [-0.2, -0.15) is 13.8 Å². The van der Waals surface area contributed by atoms with Gasteiger partial charge in [0.05, 0.1) is 0 Å². The number of allylic oxidation sites excluding steroid dienone is 2. The summed E-state index contributed by atoms with van der Waals surface area (Å²) in [5.74, 6) is 2.70. The van der Waals surface area contributed by atoms with Crippen LogP contribution in [0, 0.1) is 31.1 Å². The summed E-state index contributed by atoms with van der Waals surface area (Å²) in [6, 6.07) is 0. The van der Waals surface area contributed by atoms with Crippen molar-refractivity contribution < 1.29 is 32.7 Å². The van der Waals surface area contributed by atoms with E-state index in [0.29, 0.717) is 0 Å². The first kappa shape index (κ1) is 29.5. The largest absolute Gasteiger partial charge is 0.335 e. The molecule has 1 radical (unpaired) electrons. The monoisotopic (exact) mass is 411 g/mol. The third-order valence-corrected chi connectivity index (χ3v) is 4.49. The van der Waals surface area contributed by atoms with Crippen LogP contribution in [0.5, 0.6) is 0 Å². The molecule has 0 bridgehead atoms. The van der Waals surface area contributed by atoms with Gasteiger partial charge in [0.2, 0.25) is 0 Å². The molecule has 0 saturated carbocycles. The van der Waals surface area contributed by atoms with E-state index in [1.165, 1.54) is 63.4 Å². The van der Waals surface area contributed by atoms with Gasteiger partial charge in [-0.05, 0) is 17.8 Å². The van der Waals surface area contributed by atoms with Crippen LogP contribution >= 0.6 is 0 Å². The van der Waals surface area contributed by atoms with Crippen LogP contribution in [0.25, 0.3) is 0 Å². The Morgan fingerprint density at radius 3 is 1.58 bits per heavy atom. The molecule has 0 aliphatic rings. The molecule has 143 valence electrons. The molecule has 2 atom stereocenters. The van der Waals surface area contributed by atoms with Crippen LogP contribution in [-0.2, 0) is 32.7 Å². The molecule has 0 fully saturated rings. The maximum atomic E-state index is 3.83. The van der Waals surface area contributed by atoms with E-state index in [-0.39, 0.29) is 32.7 Å². The molecule has 0 rings (SSSR count). The van der Waals surface area contributed by atoms with Gasteiger partial charge < -0.3 is 6.42 Å². The van der Waals surface area contributed by atoms with Crippen LogP contribution in [0.4, 0.5) is 0 Å². The Morgan fingerprint density at radius 2 is 1.21 bits per heavy atom. The van der Waals surface area contributed by atoms with Gasteiger partial charge in [0.25, 0.3) is 0 Å². The van der Waals surface area contributed by atoms with Crippen molar-refractivity contribution in [1.29, 1.82) is 0 Å². The third kappa shape index (κ3) is 25.0. The topological polar surface area (TPSA) is 0 Å². The van der Waals surface area contributed by atoms with Crippen LogP contribution in [0.1, 0.15) is 106 Å². The molecule has 0 aromatic carbocycles. The molecule has 0 amide bonds. The van der Waals surface area contributed by atoms with Crippen molar-refractivity contribution >= 4 is 0 Å². The molecule has 0 aliphatic heterocycles. The summed E-state index contributed by atoms with van der Waals surface area (Å²) in [5.41, 5.74) is 1.44. The Morgan fingerprint density at radius 1 is 0.833 bits per heavy atom. The Kier molecular flexibility index (Phi) is 26.7. The molecular weight excluding hydrogens is 365 g/mol. The van der Waals surface area contributed by atoms with Gasteiger partial charge in [0, 0.05) is 32.7 Å². The Bertz CT molecular complexity index is 255. The molecule has 0 N–H and O–H groups in total. The van der Waals surface area contributed by atoms with Crippen molar-refractivity contribution in [3.8, 4) is 0 Å². The maximum absolute atomic E-state index is 3.83. The molecule has 0 nitrogen and oxygen atoms in total. The summed E-state index contributed by atoms with van der Waals surface area (Å²) in [7, 11) is 0. The van der Waals surface area contributed by atoms with Crippen molar-refractivity contribution in [3.63, 3.8) is 0 Å². The van der Waals surface area contributed by atoms with Gasteiger partial charge in [0.15, 0.2) is 0 Å². The second-order valence-electron chi connectivity index (χ2n) is 7.99. The molecule has 0 aliphatic carbocycles. The minimum atomic E-state index is 0. The zero-order valence-electron chi connectivity index (χ0n) is 18.0. The van der Waals surface area contributed by atoms with E-state index in [9.17, 15) is 0 Å².